The van der Waals surface area contributed by atoms with E-state index in [9.17, 15) is 27.2 Å². The number of H-pyrrole nitrogens is 1. The average molecular weight is 497 g/mol. The standard InChI is InChI=1S/C24H21FN4O5S/c1-15-6-9-17(10-7-15)35(33,34)28-20-14-16(8-11-19(20)25)26-22(30)12-13-29-21-5-3-2-4-18(21)23(31)27-24(29)32/h2-11,14,28H,12-13H2,1H3,(H,26,30)(H,27,31,32). The minimum absolute atomic E-state index is 0.0178. The van der Waals surface area contributed by atoms with Crippen molar-refractivity contribution in [1.29, 1.82) is 0 Å². The Morgan fingerprint density at radius 1 is 1.03 bits per heavy atom. The first kappa shape index (κ1) is 23.9. The van der Waals surface area contributed by atoms with Gasteiger partial charge in [-0.2, -0.15) is 0 Å². The third-order valence-corrected chi connectivity index (χ3v) is 6.67. The van der Waals surface area contributed by atoms with Gasteiger partial charge in [0.15, 0.2) is 0 Å². The van der Waals surface area contributed by atoms with Crippen LogP contribution in [0.15, 0.2) is 81.2 Å². The Hall–Kier alpha value is -4.25. The number of anilines is 2. The predicted molar refractivity (Wildman–Crippen MR) is 130 cm³/mol. The van der Waals surface area contributed by atoms with E-state index in [2.05, 4.69) is 15.0 Å². The number of hydrogen-bond donors (Lipinski definition) is 3. The highest BCUT2D eigenvalue weighted by Crippen LogP contribution is 2.23. The molecule has 0 fully saturated rings. The third-order valence-electron chi connectivity index (χ3n) is 5.29. The number of para-hydroxylation sites is 1. The van der Waals surface area contributed by atoms with E-state index in [0.29, 0.717) is 10.9 Å². The normalized spacial score (nSPS) is 11.4. The molecule has 1 heterocycles. The third kappa shape index (κ3) is 5.30. The predicted octanol–water partition coefficient (Wildman–Crippen LogP) is 2.97. The zero-order valence-electron chi connectivity index (χ0n) is 18.5. The number of amides is 1. The number of aromatic amines is 1. The SMILES string of the molecule is Cc1ccc(S(=O)(=O)Nc2cc(NC(=O)CCn3c(=O)[nH]c(=O)c4ccccc43)ccc2F)cc1. The topological polar surface area (TPSA) is 130 Å². The van der Waals surface area contributed by atoms with Gasteiger partial charge in [-0.15, -0.1) is 0 Å². The van der Waals surface area contributed by atoms with Gasteiger partial charge in [0.2, 0.25) is 5.91 Å². The van der Waals surface area contributed by atoms with Gasteiger partial charge in [-0.25, -0.2) is 17.6 Å². The van der Waals surface area contributed by atoms with Crippen molar-refractivity contribution < 1.29 is 17.6 Å². The number of halogens is 1. The van der Waals surface area contributed by atoms with Crippen molar-refractivity contribution >= 4 is 38.2 Å². The molecule has 0 bridgehead atoms. The van der Waals surface area contributed by atoms with Crippen molar-refractivity contribution in [3.8, 4) is 0 Å². The molecule has 180 valence electrons. The molecule has 1 amide bonds. The minimum atomic E-state index is -4.04. The van der Waals surface area contributed by atoms with E-state index in [4.69, 9.17) is 0 Å². The summed E-state index contributed by atoms with van der Waals surface area (Å²) in [4.78, 5) is 38.9. The zero-order valence-corrected chi connectivity index (χ0v) is 19.4. The fourth-order valence-electron chi connectivity index (χ4n) is 3.50. The summed E-state index contributed by atoms with van der Waals surface area (Å²) in [5, 5.41) is 2.88. The van der Waals surface area contributed by atoms with Crippen molar-refractivity contribution in [2.24, 2.45) is 0 Å². The molecule has 0 aliphatic carbocycles. The number of aryl methyl sites for hydroxylation is 2. The molecule has 0 atom stereocenters. The Labute approximate surface area is 199 Å². The number of nitrogens with zero attached hydrogens (tertiary/aromatic N) is 1. The summed E-state index contributed by atoms with van der Waals surface area (Å²) in [6.45, 7) is 1.79. The maximum Gasteiger partial charge on any atom is 0.328 e. The summed E-state index contributed by atoms with van der Waals surface area (Å²) >= 11 is 0. The fourth-order valence-corrected chi connectivity index (χ4v) is 4.56. The fraction of sp³-hybridized carbons (Fsp3) is 0.125. The molecule has 0 saturated heterocycles. The van der Waals surface area contributed by atoms with Crippen LogP contribution in [0.3, 0.4) is 0 Å². The van der Waals surface area contributed by atoms with Crippen molar-refractivity contribution in [1.82, 2.24) is 9.55 Å². The van der Waals surface area contributed by atoms with E-state index in [1.54, 1.807) is 36.4 Å². The number of rotatable bonds is 7. The first-order valence-corrected chi connectivity index (χ1v) is 12.0. The number of sulfonamides is 1. The number of fused-ring (bicyclic) bond motifs is 1. The summed E-state index contributed by atoms with van der Waals surface area (Å²) < 4.78 is 43.0. The first-order valence-electron chi connectivity index (χ1n) is 10.5. The minimum Gasteiger partial charge on any atom is -0.326 e. The lowest BCUT2D eigenvalue weighted by Crippen LogP contribution is -2.31. The molecule has 4 rings (SSSR count). The van der Waals surface area contributed by atoms with Gasteiger partial charge in [0.1, 0.15) is 5.82 Å². The molecule has 9 nitrogen and oxygen atoms in total. The quantitative estimate of drug-likeness (QED) is 0.362. The summed E-state index contributed by atoms with van der Waals surface area (Å²) in [6.07, 6.45) is -0.127. The summed E-state index contributed by atoms with van der Waals surface area (Å²) in [5.74, 6) is -1.31. The molecule has 0 radical (unpaired) electrons. The zero-order chi connectivity index (χ0) is 25.2. The molecular weight excluding hydrogens is 475 g/mol. The molecule has 1 aromatic heterocycles. The molecule has 4 aromatic rings. The number of hydrogen-bond acceptors (Lipinski definition) is 5. The molecule has 0 spiro atoms. The highest BCUT2D eigenvalue weighted by molar-refractivity contribution is 7.92. The van der Waals surface area contributed by atoms with Gasteiger partial charge >= 0.3 is 5.69 Å². The van der Waals surface area contributed by atoms with Crippen molar-refractivity contribution in [2.45, 2.75) is 24.8 Å². The lowest BCUT2D eigenvalue weighted by molar-refractivity contribution is -0.116. The van der Waals surface area contributed by atoms with Crippen LogP contribution in [0.2, 0.25) is 0 Å². The van der Waals surface area contributed by atoms with Crippen molar-refractivity contribution in [3.05, 3.63) is 98.9 Å². The van der Waals surface area contributed by atoms with Crippen molar-refractivity contribution in [3.63, 3.8) is 0 Å². The Balaban J connectivity index is 1.49. The molecule has 0 aliphatic rings. The summed E-state index contributed by atoms with van der Waals surface area (Å²) in [7, 11) is -4.04. The van der Waals surface area contributed by atoms with Gasteiger partial charge in [0.25, 0.3) is 15.6 Å². The molecule has 11 heteroatoms. The second kappa shape index (κ2) is 9.55. The summed E-state index contributed by atoms with van der Waals surface area (Å²) in [5.41, 5.74) is -0.0576. The van der Waals surface area contributed by atoms with Crippen LogP contribution in [-0.2, 0) is 21.4 Å². The van der Waals surface area contributed by atoms with Crippen LogP contribution in [0.25, 0.3) is 10.9 Å². The van der Waals surface area contributed by atoms with E-state index >= 15 is 0 Å². The summed E-state index contributed by atoms with van der Waals surface area (Å²) in [6, 6.07) is 16.1. The van der Waals surface area contributed by atoms with Crippen LogP contribution in [-0.4, -0.2) is 23.9 Å². The van der Waals surface area contributed by atoms with E-state index in [1.807, 2.05) is 6.92 Å². The molecule has 0 aliphatic heterocycles. The van der Waals surface area contributed by atoms with E-state index in [-0.39, 0.29) is 29.2 Å². The lowest BCUT2D eigenvalue weighted by atomic mass is 10.2. The molecule has 35 heavy (non-hydrogen) atoms. The Morgan fingerprint density at radius 3 is 2.49 bits per heavy atom. The van der Waals surface area contributed by atoms with Gasteiger partial charge < -0.3 is 5.32 Å². The Bertz CT molecular complexity index is 1640. The van der Waals surface area contributed by atoms with Crippen LogP contribution in [0.1, 0.15) is 12.0 Å². The number of aromatic nitrogens is 2. The second-order valence-electron chi connectivity index (χ2n) is 7.84. The highest BCUT2D eigenvalue weighted by atomic mass is 32.2. The molecule has 3 N–H and O–H groups in total. The largest absolute Gasteiger partial charge is 0.328 e. The lowest BCUT2D eigenvalue weighted by Gasteiger charge is -2.12. The van der Waals surface area contributed by atoms with Crippen molar-refractivity contribution in [2.75, 3.05) is 10.0 Å². The Kier molecular flexibility index (Phi) is 6.52. The molecule has 0 saturated carbocycles. The van der Waals surface area contributed by atoms with E-state index in [1.165, 1.54) is 28.8 Å². The molecule has 3 aromatic carbocycles. The number of nitrogens with one attached hydrogen (secondary N) is 3. The van der Waals surface area contributed by atoms with E-state index in [0.717, 1.165) is 11.6 Å². The number of carbonyl (C=O) groups excluding carboxylic acids is 1. The average Bonchev–Trinajstić information content (AvgIpc) is 2.81. The van der Waals surface area contributed by atoms with Crippen LogP contribution < -0.4 is 21.3 Å². The van der Waals surface area contributed by atoms with E-state index < -0.39 is 33.0 Å². The monoisotopic (exact) mass is 496 g/mol. The van der Waals surface area contributed by atoms with Crippen LogP contribution in [0, 0.1) is 12.7 Å². The molecule has 0 unspecified atom stereocenters. The second-order valence-corrected chi connectivity index (χ2v) is 9.52. The van der Waals surface area contributed by atoms with Gasteiger partial charge in [-0.3, -0.25) is 23.9 Å². The number of carbonyl (C=O) groups is 1. The van der Waals surface area contributed by atoms with Crippen LogP contribution in [0.5, 0.6) is 0 Å². The number of benzene rings is 3. The maximum atomic E-state index is 14.3. The van der Waals surface area contributed by atoms with Crippen LogP contribution >= 0.6 is 0 Å². The van der Waals surface area contributed by atoms with Gasteiger partial charge in [0.05, 0.1) is 21.5 Å². The Morgan fingerprint density at radius 2 is 1.74 bits per heavy atom. The van der Waals surface area contributed by atoms with Gasteiger partial charge in [-0.1, -0.05) is 29.8 Å². The van der Waals surface area contributed by atoms with Gasteiger partial charge in [-0.05, 0) is 49.4 Å². The maximum absolute atomic E-state index is 14.3. The highest BCUT2D eigenvalue weighted by Gasteiger charge is 2.17. The first-order chi connectivity index (χ1) is 16.6. The van der Waals surface area contributed by atoms with Gasteiger partial charge in [0, 0.05) is 18.7 Å². The smallest absolute Gasteiger partial charge is 0.326 e. The molecular formula is C24H21FN4O5S. The van der Waals surface area contributed by atoms with Crippen LogP contribution in [0.4, 0.5) is 15.8 Å².